The first-order valence-corrected chi connectivity index (χ1v) is 8.95. The van der Waals surface area contributed by atoms with E-state index in [-0.39, 0.29) is 11.9 Å². The second-order valence-electron chi connectivity index (χ2n) is 5.56. The molecule has 0 radical (unpaired) electrons. The Balaban J connectivity index is 2.10. The van der Waals surface area contributed by atoms with Crippen LogP contribution in [0.4, 0.5) is 0 Å². The largest absolute Gasteiger partial charge is 0.496 e. The molecule has 1 aliphatic heterocycles. The molecule has 1 saturated heterocycles. The number of benzene rings is 1. The van der Waals surface area contributed by atoms with Crippen LogP contribution < -0.4 is 4.74 Å². The van der Waals surface area contributed by atoms with Gasteiger partial charge in [0, 0.05) is 47.0 Å². The number of amides is 1. The maximum Gasteiger partial charge on any atom is 0.246 e. The number of carbonyl (C=O) groups excluding carboxylic acids is 1. The molecule has 0 aliphatic carbocycles. The Hall–Kier alpha value is -1.62. The highest BCUT2D eigenvalue weighted by atomic mass is 32.2. The van der Waals surface area contributed by atoms with E-state index in [2.05, 4.69) is 0 Å². The van der Waals surface area contributed by atoms with Gasteiger partial charge < -0.3 is 9.64 Å². The van der Waals surface area contributed by atoms with Crippen LogP contribution in [-0.4, -0.2) is 46.7 Å². The van der Waals surface area contributed by atoms with Crippen LogP contribution in [0.25, 0.3) is 5.57 Å². The summed E-state index contributed by atoms with van der Waals surface area (Å²) < 4.78 is 16.8. The summed E-state index contributed by atoms with van der Waals surface area (Å²) in [7, 11) is 2.75. The van der Waals surface area contributed by atoms with Crippen LogP contribution in [0.3, 0.4) is 0 Å². The highest BCUT2D eigenvalue weighted by Gasteiger charge is 2.24. The molecule has 0 spiro atoms. The summed E-state index contributed by atoms with van der Waals surface area (Å²) in [5.41, 5.74) is 1.81. The molecule has 120 valence electrons. The van der Waals surface area contributed by atoms with Crippen molar-refractivity contribution >= 4 is 22.3 Å². The molecule has 2 rings (SSSR count). The van der Waals surface area contributed by atoms with Crippen LogP contribution in [0.2, 0.25) is 0 Å². The summed E-state index contributed by atoms with van der Waals surface area (Å²) in [6.07, 6.45) is 3.29. The number of nitrogens with zero attached hydrogens (tertiary/aromatic N) is 1. The smallest absolute Gasteiger partial charge is 0.246 e. The number of hydrogen-bond donors (Lipinski definition) is 0. The van der Waals surface area contributed by atoms with Crippen molar-refractivity contribution in [3.05, 3.63) is 35.9 Å². The van der Waals surface area contributed by atoms with Gasteiger partial charge in [-0.15, -0.1) is 0 Å². The van der Waals surface area contributed by atoms with E-state index in [1.54, 1.807) is 18.1 Å². The van der Waals surface area contributed by atoms with Crippen molar-refractivity contribution in [1.29, 1.82) is 0 Å². The molecule has 1 heterocycles. The van der Waals surface area contributed by atoms with E-state index in [1.165, 1.54) is 0 Å². The van der Waals surface area contributed by atoms with E-state index in [1.807, 2.05) is 38.2 Å². The Kier molecular flexibility index (Phi) is 5.77. The van der Waals surface area contributed by atoms with Gasteiger partial charge in [-0.25, -0.2) is 0 Å². The third-order valence-electron chi connectivity index (χ3n) is 4.12. The standard InChI is InChI=1S/C17H23NO3S/c1-13(15-6-4-5-7-16(15)21-3)12-17(19)18(2)14-8-10-22(20)11-9-14/h4-7,12,14H,8-11H2,1-3H3. The van der Waals surface area contributed by atoms with E-state index in [4.69, 9.17) is 4.74 Å². The average molecular weight is 321 g/mol. The molecule has 0 atom stereocenters. The zero-order valence-corrected chi connectivity index (χ0v) is 14.2. The third-order valence-corrected chi connectivity index (χ3v) is 5.51. The van der Waals surface area contributed by atoms with Gasteiger partial charge in [0.2, 0.25) is 5.91 Å². The van der Waals surface area contributed by atoms with Gasteiger partial charge in [0.1, 0.15) is 5.75 Å². The molecule has 0 saturated carbocycles. The first-order chi connectivity index (χ1) is 10.5. The van der Waals surface area contributed by atoms with Crippen molar-refractivity contribution in [3.63, 3.8) is 0 Å². The summed E-state index contributed by atoms with van der Waals surface area (Å²) >= 11 is 0. The summed E-state index contributed by atoms with van der Waals surface area (Å²) in [6, 6.07) is 7.86. The van der Waals surface area contributed by atoms with Crippen molar-refractivity contribution in [2.75, 3.05) is 25.7 Å². The Morgan fingerprint density at radius 2 is 1.95 bits per heavy atom. The summed E-state index contributed by atoms with van der Waals surface area (Å²) in [4.78, 5) is 14.2. The molecule has 4 nitrogen and oxygen atoms in total. The molecule has 0 aromatic heterocycles. The van der Waals surface area contributed by atoms with Gasteiger partial charge in [-0.1, -0.05) is 18.2 Å². The maximum absolute atomic E-state index is 12.4. The maximum atomic E-state index is 12.4. The van der Waals surface area contributed by atoms with Crippen molar-refractivity contribution < 1.29 is 13.7 Å². The fraction of sp³-hybridized carbons (Fsp3) is 0.471. The molecule has 0 bridgehead atoms. The summed E-state index contributed by atoms with van der Waals surface area (Å²) in [5.74, 6) is 2.13. The third kappa shape index (κ3) is 3.97. The zero-order valence-electron chi connectivity index (χ0n) is 13.4. The summed E-state index contributed by atoms with van der Waals surface area (Å²) in [6.45, 7) is 1.92. The number of rotatable bonds is 4. The SMILES string of the molecule is COc1ccccc1C(C)=CC(=O)N(C)C1CCS(=O)CC1. The van der Waals surface area contributed by atoms with E-state index in [0.717, 1.165) is 29.7 Å². The minimum absolute atomic E-state index is 0.0129. The Morgan fingerprint density at radius 3 is 2.59 bits per heavy atom. The van der Waals surface area contributed by atoms with E-state index < -0.39 is 10.8 Å². The lowest BCUT2D eigenvalue weighted by Gasteiger charge is -2.30. The minimum atomic E-state index is -0.705. The van der Waals surface area contributed by atoms with Crippen molar-refractivity contribution in [2.24, 2.45) is 0 Å². The van der Waals surface area contributed by atoms with Gasteiger partial charge in [-0.3, -0.25) is 9.00 Å². The quantitative estimate of drug-likeness (QED) is 0.800. The second kappa shape index (κ2) is 7.58. The first-order valence-electron chi connectivity index (χ1n) is 7.46. The fourth-order valence-corrected chi connectivity index (χ4v) is 3.96. The molecular formula is C17H23NO3S. The number of likely N-dealkylation sites (N-methyl/N-ethyl adjacent to an activating group) is 1. The Morgan fingerprint density at radius 1 is 1.32 bits per heavy atom. The molecule has 0 N–H and O–H groups in total. The van der Waals surface area contributed by atoms with Crippen LogP contribution >= 0.6 is 0 Å². The van der Waals surface area contributed by atoms with E-state index >= 15 is 0 Å². The van der Waals surface area contributed by atoms with Crippen LogP contribution in [0.5, 0.6) is 5.75 Å². The number of allylic oxidation sites excluding steroid dienone is 1. The normalized spacial score (nSPS) is 22.2. The van der Waals surface area contributed by atoms with Crippen LogP contribution in [0, 0.1) is 0 Å². The molecule has 1 aromatic carbocycles. The average Bonchev–Trinajstić information content (AvgIpc) is 2.54. The van der Waals surface area contributed by atoms with Gasteiger partial charge in [0.05, 0.1) is 7.11 Å². The molecule has 22 heavy (non-hydrogen) atoms. The van der Waals surface area contributed by atoms with E-state index in [0.29, 0.717) is 11.5 Å². The molecule has 5 heteroatoms. The lowest BCUT2D eigenvalue weighted by atomic mass is 10.0. The molecule has 1 fully saturated rings. The monoisotopic (exact) mass is 321 g/mol. The first kappa shape index (κ1) is 16.7. The Bertz CT molecular complexity index is 587. The van der Waals surface area contributed by atoms with Gasteiger partial charge >= 0.3 is 0 Å². The molecule has 0 unspecified atom stereocenters. The number of ether oxygens (including phenoxy) is 1. The van der Waals surface area contributed by atoms with Crippen molar-refractivity contribution in [2.45, 2.75) is 25.8 Å². The van der Waals surface area contributed by atoms with Gasteiger partial charge in [0.15, 0.2) is 0 Å². The predicted octanol–water partition coefficient (Wildman–Crippen LogP) is 2.47. The highest BCUT2D eigenvalue weighted by Crippen LogP contribution is 2.25. The number of para-hydroxylation sites is 1. The van der Waals surface area contributed by atoms with Crippen molar-refractivity contribution in [3.8, 4) is 5.75 Å². The van der Waals surface area contributed by atoms with Crippen LogP contribution in [-0.2, 0) is 15.6 Å². The predicted molar refractivity (Wildman–Crippen MR) is 90.3 cm³/mol. The lowest BCUT2D eigenvalue weighted by molar-refractivity contribution is -0.126. The van der Waals surface area contributed by atoms with Gasteiger partial charge in [-0.05, 0) is 31.4 Å². The zero-order chi connectivity index (χ0) is 16.1. The van der Waals surface area contributed by atoms with Crippen LogP contribution in [0.15, 0.2) is 30.3 Å². The number of methoxy groups -OCH3 is 1. The molecule has 1 aromatic rings. The second-order valence-corrected chi connectivity index (χ2v) is 7.25. The molecule has 1 amide bonds. The molecule has 1 aliphatic rings. The number of hydrogen-bond acceptors (Lipinski definition) is 3. The topological polar surface area (TPSA) is 46.6 Å². The highest BCUT2D eigenvalue weighted by molar-refractivity contribution is 7.85. The van der Waals surface area contributed by atoms with Crippen LogP contribution in [0.1, 0.15) is 25.3 Å². The number of carbonyl (C=O) groups is 1. The lowest BCUT2D eigenvalue weighted by Crippen LogP contribution is -2.40. The van der Waals surface area contributed by atoms with Crippen molar-refractivity contribution in [1.82, 2.24) is 4.90 Å². The Labute approximate surface area is 134 Å². The van der Waals surface area contributed by atoms with E-state index in [9.17, 15) is 9.00 Å². The fourth-order valence-electron chi connectivity index (χ4n) is 2.68. The molecular weight excluding hydrogens is 298 g/mol. The summed E-state index contributed by atoms with van der Waals surface area (Å²) in [5, 5.41) is 0. The minimum Gasteiger partial charge on any atom is -0.496 e. The van der Waals surface area contributed by atoms with Gasteiger partial charge in [-0.2, -0.15) is 0 Å². The van der Waals surface area contributed by atoms with Gasteiger partial charge in [0.25, 0.3) is 0 Å².